The first-order valence-electron chi connectivity index (χ1n) is 11.0. The number of hydrogen-bond donors (Lipinski definition) is 0. The molecule has 0 aromatic carbocycles. The second-order valence-corrected chi connectivity index (χ2v) is 8.67. The highest BCUT2D eigenvalue weighted by Gasteiger charge is 2.31. The van der Waals surface area contributed by atoms with Crippen LogP contribution < -0.4 is 0 Å². The summed E-state index contributed by atoms with van der Waals surface area (Å²) in [6.45, 7) is 10.4. The first-order valence-corrected chi connectivity index (χ1v) is 11.0. The van der Waals surface area contributed by atoms with E-state index in [0.717, 1.165) is 33.9 Å². The summed E-state index contributed by atoms with van der Waals surface area (Å²) in [6, 6.07) is 6.03. The minimum atomic E-state index is -0.247. The monoisotopic (exact) mass is 433 g/mol. The van der Waals surface area contributed by atoms with Crippen molar-refractivity contribution in [3.05, 3.63) is 53.1 Å². The van der Waals surface area contributed by atoms with Crippen molar-refractivity contribution in [2.24, 2.45) is 15.9 Å². The van der Waals surface area contributed by atoms with E-state index in [0.29, 0.717) is 18.2 Å². The lowest BCUT2D eigenvalue weighted by molar-refractivity contribution is 0.332. The van der Waals surface area contributed by atoms with Gasteiger partial charge < -0.3 is 13.9 Å². The van der Waals surface area contributed by atoms with E-state index >= 15 is 0 Å². The molecule has 0 fully saturated rings. The Bertz CT molecular complexity index is 1210. The van der Waals surface area contributed by atoms with Crippen molar-refractivity contribution in [1.29, 1.82) is 0 Å². The molecule has 3 aromatic heterocycles. The van der Waals surface area contributed by atoms with Crippen LogP contribution in [0.3, 0.4) is 0 Å². The van der Waals surface area contributed by atoms with Gasteiger partial charge in [-0.2, -0.15) is 0 Å². The fraction of sp³-hybridized carbons (Fsp3) is 0.440. The SMILES string of the molecule is COC1=NC(C(C)C)C(OC)=NC1Cc1ccc(-c2nc(C)c(C)cc2C)c2nccn12. The summed E-state index contributed by atoms with van der Waals surface area (Å²) in [5, 5.41) is 0. The summed E-state index contributed by atoms with van der Waals surface area (Å²) in [6.07, 6.45) is 4.43. The van der Waals surface area contributed by atoms with Gasteiger partial charge in [0.25, 0.3) is 0 Å². The van der Waals surface area contributed by atoms with Gasteiger partial charge in [-0.05, 0) is 49.9 Å². The summed E-state index contributed by atoms with van der Waals surface area (Å²) in [4.78, 5) is 19.2. The van der Waals surface area contributed by atoms with Crippen LogP contribution in [0.4, 0.5) is 0 Å². The molecule has 0 bridgehead atoms. The highest BCUT2D eigenvalue weighted by atomic mass is 16.5. The van der Waals surface area contributed by atoms with Crippen LogP contribution in [0.15, 0.2) is 40.6 Å². The van der Waals surface area contributed by atoms with Gasteiger partial charge in [0.1, 0.15) is 17.7 Å². The standard InChI is InChI=1S/C25H31N5O2/c1-14(2)21-25(32-7)28-20(24(29-21)31-6)13-18-8-9-19(23-26-10-11-30(18)23)22-16(4)12-15(3)17(5)27-22/h8-12,14,20-21H,13H2,1-7H3. The Morgan fingerprint density at radius 2 is 1.75 bits per heavy atom. The van der Waals surface area contributed by atoms with Gasteiger partial charge in [0.05, 0.1) is 19.9 Å². The Hall–Kier alpha value is -3.22. The quantitative estimate of drug-likeness (QED) is 0.613. The van der Waals surface area contributed by atoms with E-state index in [1.54, 1.807) is 14.2 Å². The third kappa shape index (κ3) is 3.87. The fourth-order valence-corrected chi connectivity index (χ4v) is 4.23. The molecule has 0 amide bonds. The Morgan fingerprint density at radius 3 is 2.44 bits per heavy atom. The summed E-state index contributed by atoms with van der Waals surface area (Å²) in [5.74, 6) is 1.56. The number of aryl methyl sites for hydroxylation is 3. The number of hydrogen-bond acceptors (Lipinski definition) is 6. The normalized spacial score (nSPS) is 18.6. The molecule has 168 valence electrons. The van der Waals surface area contributed by atoms with E-state index in [2.05, 4.69) is 55.3 Å². The first kappa shape index (κ1) is 22.0. The molecule has 0 spiro atoms. The van der Waals surface area contributed by atoms with Gasteiger partial charge in [0, 0.05) is 35.8 Å². The maximum absolute atomic E-state index is 5.63. The lowest BCUT2D eigenvalue weighted by atomic mass is 10.0. The lowest BCUT2D eigenvalue weighted by Crippen LogP contribution is -2.38. The molecule has 4 heterocycles. The largest absolute Gasteiger partial charge is 0.483 e. The van der Waals surface area contributed by atoms with Gasteiger partial charge in [-0.25, -0.2) is 15.0 Å². The molecule has 0 N–H and O–H groups in total. The number of ether oxygens (including phenoxy) is 2. The van der Waals surface area contributed by atoms with Gasteiger partial charge >= 0.3 is 0 Å². The molecule has 4 rings (SSSR count). The average Bonchev–Trinajstić information content (AvgIpc) is 3.26. The molecule has 32 heavy (non-hydrogen) atoms. The minimum Gasteiger partial charge on any atom is -0.483 e. The number of rotatable bonds is 4. The zero-order chi connectivity index (χ0) is 23.0. The van der Waals surface area contributed by atoms with Crippen LogP contribution >= 0.6 is 0 Å². The average molecular weight is 434 g/mol. The molecule has 7 heteroatoms. The zero-order valence-electron chi connectivity index (χ0n) is 19.9. The van der Waals surface area contributed by atoms with Crippen molar-refractivity contribution in [3.63, 3.8) is 0 Å². The Labute approximate surface area is 189 Å². The van der Waals surface area contributed by atoms with Crippen molar-refractivity contribution >= 4 is 17.4 Å². The molecule has 0 saturated heterocycles. The molecule has 1 aliphatic heterocycles. The maximum atomic E-state index is 5.63. The lowest BCUT2D eigenvalue weighted by Gasteiger charge is -2.27. The van der Waals surface area contributed by atoms with Crippen LogP contribution in [0.1, 0.15) is 36.4 Å². The Kier molecular flexibility index (Phi) is 6.00. The zero-order valence-corrected chi connectivity index (χ0v) is 19.9. The summed E-state index contributed by atoms with van der Waals surface area (Å²) >= 11 is 0. The van der Waals surface area contributed by atoms with Gasteiger partial charge in [-0.3, -0.25) is 4.98 Å². The van der Waals surface area contributed by atoms with E-state index < -0.39 is 0 Å². The number of aromatic nitrogens is 3. The molecule has 2 atom stereocenters. The summed E-state index contributed by atoms with van der Waals surface area (Å²) in [7, 11) is 3.31. The molecular weight excluding hydrogens is 402 g/mol. The van der Waals surface area contributed by atoms with Crippen LogP contribution in [0.2, 0.25) is 0 Å². The van der Waals surface area contributed by atoms with Gasteiger partial charge in [0.15, 0.2) is 0 Å². The topological polar surface area (TPSA) is 73.4 Å². The molecular formula is C25H31N5O2. The first-order chi connectivity index (χ1) is 15.3. The molecule has 7 nitrogen and oxygen atoms in total. The van der Waals surface area contributed by atoms with Crippen LogP contribution in [-0.2, 0) is 15.9 Å². The molecule has 0 saturated carbocycles. The van der Waals surface area contributed by atoms with Crippen molar-refractivity contribution in [2.75, 3.05) is 14.2 Å². The number of nitrogens with zero attached hydrogens (tertiary/aromatic N) is 5. The second kappa shape index (κ2) is 8.73. The number of fused-ring (bicyclic) bond motifs is 1. The predicted octanol–water partition coefficient (Wildman–Crippen LogP) is 4.36. The molecule has 3 aromatic rings. The fourth-order valence-electron chi connectivity index (χ4n) is 4.23. The van der Waals surface area contributed by atoms with Crippen molar-refractivity contribution in [3.8, 4) is 11.3 Å². The van der Waals surface area contributed by atoms with E-state index in [1.807, 2.05) is 19.3 Å². The van der Waals surface area contributed by atoms with Gasteiger partial charge in [-0.1, -0.05) is 19.9 Å². The molecule has 0 radical (unpaired) electrons. The number of methoxy groups -OCH3 is 2. The van der Waals surface area contributed by atoms with E-state index in [9.17, 15) is 0 Å². The van der Waals surface area contributed by atoms with Crippen molar-refractivity contribution < 1.29 is 9.47 Å². The van der Waals surface area contributed by atoms with Crippen LogP contribution in [0, 0.1) is 26.7 Å². The Morgan fingerprint density at radius 1 is 1.00 bits per heavy atom. The summed E-state index contributed by atoms with van der Waals surface area (Å²) in [5.41, 5.74) is 7.29. The molecule has 1 aliphatic rings. The number of pyridine rings is 2. The van der Waals surface area contributed by atoms with Crippen molar-refractivity contribution in [2.45, 2.75) is 53.1 Å². The van der Waals surface area contributed by atoms with Gasteiger partial charge in [0.2, 0.25) is 11.8 Å². The molecule has 0 aliphatic carbocycles. The van der Waals surface area contributed by atoms with Crippen LogP contribution in [0.5, 0.6) is 0 Å². The van der Waals surface area contributed by atoms with Crippen LogP contribution in [-0.4, -0.2) is 52.5 Å². The van der Waals surface area contributed by atoms with Crippen molar-refractivity contribution in [1.82, 2.24) is 14.4 Å². The van der Waals surface area contributed by atoms with Gasteiger partial charge in [-0.15, -0.1) is 0 Å². The second-order valence-electron chi connectivity index (χ2n) is 8.67. The third-order valence-corrected chi connectivity index (χ3v) is 6.09. The highest BCUT2D eigenvalue weighted by Crippen LogP contribution is 2.28. The predicted molar refractivity (Wildman–Crippen MR) is 128 cm³/mol. The van der Waals surface area contributed by atoms with E-state index in [4.69, 9.17) is 24.4 Å². The van der Waals surface area contributed by atoms with Crippen LogP contribution in [0.25, 0.3) is 16.9 Å². The Balaban J connectivity index is 1.74. The molecule has 2 unspecified atom stereocenters. The maximum Gasteiger partial charge on any atom is 0.209 e. The third-order valence-electron chi connectivity index (χ3n) is 6.09. The smallest absolute Gasteiger partial charge is 0.209 e. The van der Waals surface area contributed by atoms with E-state index in [1.165, 1.54) is 5.56 Å². The number of imidazole rings is 1. The minimum absolute atomic E-state index is 0.124. The van der Waals surface area contributed by atoms with E-state index in [-0.39, 0.29) is 18.0 Å². The summed E-state index contributed by atoms with van der Waals surface area (Å²) < 4.78 is 13.3. The number of aliphatic imine (C=N–C) groups is 2. The highest BCUT2D eigenvalue weighted by molar-refractivity contribution is 5.94.